The highest BCUT2D eigenvalue weighted by Gasteiger charge is 2.14. The second kappa shape index (κ2) is 5.56. The van der Waals surface area contributed by atoms with Crippen LogP contribution in [0.15, 0.2) is 75.6 Å². The number of halogens is 1. The van der Waals surface area contributed by atoms with Gasteiger partial charge in [-0.3, -0.25) is 4.79 Å². The number of hydrogen-bond acceptors (Lipinski definition) is 2. The Bertz CT molecular complexity index is 1020. The quantitative estimate of drug-likeness (QED) is 0.502. The molecule has 0 aliphatic rings. The average molecular weight is 366 g/mol. The molecule has 0 aliphatic heterocycles. The predicted octanol–water partition coefficient (Wildman–Crippen LogP) is 5.60. The predicted molar refractivity (Wildman–Crippen MR) is 95.8 cm³/mol. The molecule has 0 saturated carbocycles. The van der Waals surface area contributed by atoms with Gasteiger partial charge in [0.15, 0.2) is 5.76 Å². The van der Waals surface area contributed by atoms with Gasteiger partial charge in [0.25, 0.3) is 5.91 Å². The van der Waals surface area contributed by atoms with Crippen LogP contribution >= 0.6 is 15.9 Å². The van der Waals surface area contributed by atoms with Gasteiger partial charge in [0.05, 0.1) is 0 Å². The number of benzene rings is 3. The Kier molecular flexibility index (Phi) is 3.39. The van der Waals surface area contributed by atoms with Crippen molar-refractivity contribution in [1.29, 1.82) is 0 Å². The molecule has 23 heavy (non-hydrogen) atoms. The van der Waals surface area contributed by atoms with Crippen molar-refractivity contribution in [1.82, 2.24) is 0 Å². The summed E-state index contributed by atoms with van der Waals surface area (Å²) in [4.78, 5) is 12.4. The first-order valence-corrected chi connectivity index (χ1v) is 7.98. The lowest BCUT2D eigenvalue weighted by atomic mass is 10.1. The van der Waals surface area contributed by atoms with Crippen LogP contribution in [0.4, 0.5) is 5.69 Å². The van der Waals surface area contributed by atoms with Crippen molar-refractivity contribution in [2.24, 2.45) is 0 Å². The van der Waals surface area contributed by atoms with Crippen molar-refractivity contribution in [2.75, 3.05) is 5.32 Å². The summed E-state index contributed by atoms with van der Waals surface area (Å²) in [5.41, 5.74) is 1.44. The van der Waals surface area contributed by atoms with Crippen molar-refractivity contribution in [2.45, 2.75) is 0 Å². The summed E-state index contributed by atoms with van der Waals surface area (Å²) < 4.78 is 6.68. The topological polar surface area (TPSA) is 42.2 Å². The van der Waals surface area contributed by atoms with Crippen LogP contribution in [0.25, 0.3) is 21.7 Å². The van der Waals surface area contributed by atoms with Crippen molar-refractivity contribution < 1.29 is 9.21 Å². The molecule has 1 amide bonds. The molecule has 0 aliphatic carbocycles. The second-order valence-electron chi connectivity index (χ2n) is 5.27. The van der Waals surface area contributed by atoms with E-state index < -0.39 is 0 Å². The molecule has 0 saturated heterocycles. The standard InChI is InChI=1S/C19H12BrNO2/c20-13-6-8-14(9-7-13)21-19(22)18-11-16-15-4-2-1-3-12(15)5-10-17(16)23-18/h1-11H,(H,21,22). The molecule has 3 aromatic carbocycles. The number of carbonyl (C=O) groups excluding carboxylic acids is 1. The Morgan fingerprint density at radius 2 is 1.70 bits per heavy atom. The van der Waals surface area contributed by atoms with E-state index in [0.29, 0.717) is 11.3 Å². The van der Waals surface area contributed by atoms with Crippen LogP contribution in [0.3, 0.4) is 0 Å². The highest BCUT2D eigenvalue weighted by atomic mass is 79.9. The monoisotopic (exact) mass is 365 g/mol. The lowest BCUT2D eigenvalue weighted by molar-refractivity contribution is 0.0998. The van der Waals surface area contributed by atoms with Gasteiger partial charge in [-0.25, -0.2) is 0 Å². The molecule has 0 unspecified atom stereocenters. The van der Waals surface area contributed by atoms with Gasteiger partial charge in [0, 0.05) is 15.5 Å². The van der Waals surface area contributed by atoms with Gasteiger partial charge >= 0.3 is 0 Å². The zero-order valence-corrected chi connectivity index (χ0v) is 13.6. The van der Waals surface area contributed by atoms with E-state index in [-0.39, 0.29) is 5.91 Å². The largest absolute Gasteiger partial charge is 0.451 e. The molecule has 0 fully saturated rings. The van der Waals surface area contributed by atoms with Crippen LogP contribution in [0.1, 0.15) is 10.6 Å². The summed E-state index contributed by atoms with van der Waals surface area (Å²) in [6, 6.07) is 21.2. The smallest absolute Gasteiger partial charge is 0.291 e. The number of amides is 1. The third-order valence-corrected chi connectivity index (χ3v) is 4.28. The first kappa shape index (κ1) is 14.0. The summed E-state index contributed by atoms with van der Waals surface area (Å²) in [5, 5.41) is 5.99. The lowest BCUT2D eigenvalue weighted by Crippen LogP contribution is -2.10. The highest BCUT2D eigenvalue weighted by molar-refractivity contribution is 9.10. The van der Waals surface area contributed by atoms with Crippen LogP contribution in [0, 0.1) is 0 Å². The molecule has 1 aromatic heterocycles. The van der Waals surface area contributed by atoms with Gasteiger partial charge in [0.1, 0.15) is 5.58 Å². The molecule has 3 nitrogen and oxygen atoms in total. The molecule has 4 rings (SSSR count). The van der Waals surface area contributed by atoms with E-state index in [1.807, 2.05) is 60.7 Å². The fraction of sp³-hybridized carbons (Fsp3) is 0. The lowest BCUT2D eigenvalue weighted by Gasteiger charge is -2.02. The maximum Gasteiger partial charge on any atom is 0.291 e. The van der Waals surface area contributed by atoms with Gasteiger partial charge in [-0.2, -0.15) is 0 Å². The van der Waals surface area contributed by atoms with Crippen LogP contribution < -0.4 is 5.32 Å². The molecule has 0 spiro atoms. The van der Waals surface area contributed by atoms with Gasteiger partial charge < -0.3 is 9.73 Å². The minimum atomic E-state index is -0.257. The SMILES string of the molecule is O=C(Nc1ccc(Br)cc1)c1cc2c(ccc3ccccc32)o1. The fourth-order valence-electron chi connectivity index (χ4n) is 2.63. The third kappa shape index (κ3) is 2.62. The molecular formula is C19H12BrNO2. The van der Waals surface area contributed by atoms with Gasteiger partial charge in [-0.15, -0.1) is 0 Å². The van der Waals surface area contributed by atoms with E-state index in [9.17, 15) is 4.79 Å². The first-order valence-electron chi connectivity index (χ1n) is 7.19. The maximum absolute atomic E-state index is 12.4. The highest BCUT2D eigenvalue weighted by Crippen LogP contribution is 2.28. The summed E-state index contributed by atoms with van der Waals surface area (Å²) in [7, 11) is 0. The summed E-state index contributed by atoms with van der Waals surface area (Å²) in [5.74, 6) is 0.0480. The molecule has 0 radical (unpaired) electrons. The van der Waals surface area contributed by atoms with E-state index in [0.717, 1.165) is 26.3 Å². The minimum Gasteiger partial charge on any atom is -0.451 e. The fourth-order valence-corrected chi connectivity index (χ4v) is 2.89. The van der Waals surface area contributed by atoms with E-state index in [1.54, 1.807) is 6.07 Å². The number of fused-ring (bicyclic) bond motifs is 3. The molecule has 0 atom stereocenters. The van der Waals surface area contributed by atoms with Gasteiger partial charge in [-0.1, -0.05) is 46.3 Å². The van der Waals surface area contributed by atoms with E-state index in [4.69, 9.17) is 4.42 Å². The Balaban J connectivity index is 1.72. The van der Waals surface area contributed by atoms with Crippen molar-refractivity contribution in [3.8, 4) is 0 Å². The van der Waals surface area contributed by atoms with E-state index in [1.165, 1.54) is 0 Å². The van der Waals surface area contributed by atoms with E-state index >= 15 is 0 Å². The van der Waals surface area contributed by atoms with E-state index in [2.05, 4.69) is 21.2 Å². The average Bonchev–Trinajstić information content (AvgIpc) is 3.02. The van der Waals surface area contributed by atoms with Crippen molar-refractivity contribution in [3.05, 3.63) is 77.0 Å². The summed E-state index contributed by atoms with van der Waals surface area (Å²) >= 11 is 3.37. The normalized spacial score (nSPS) is 11.0. The molecule has 1 heterocycles. The van der Waals surface area contributed by atoms with Gasteiger partial charge in [0.2, 0.25) is 0 Å². The van der Waals surface area contributed by atoms with Crippen LogP contribution in [-0.2, 0) is 0 Å². The minimum absolute atomic E-state index is 0.257. The number of furan rings is 1. The third-order valence-electron chi connectivity index (χ3n) is 3.75. The number of carbonyl (C=O) groups is 1. The Morgan fingerprint density at radius 3 is 2.52 bits per heavy atom. The van der Waals surface area contributed by atoms with Crippen LogP contribution in [-0.4, -0.2) is 5.91 Å². The Labute approximate surface area is 141 Å². The number of hydrogen-bond donors (Lipinski definition) is 1. The number of rotatable bonds is 2. The molecule has 1 N–H and O–H groups in total. The number of nitrogens with one attached hydrogen (secondary N) is 1. The Hall–Kier alpha value is -2.59. The van der Waals surface area contributed by atoms with Crippen LogP contribution in [0.2, 0.25) is 0 Å². The number of anilines is 1. The molecular weight excluding hydrogens is 354 g/mol. The van der Waals surface area contributed by atoms with Crippen LogP contribution in [0.5, 0.6) is 0 Å². The second-order valence-corrected chi connectivity index (χ2v) is 6.19. The molecule has 0 bridgehead atoms. The Morgan fingerprint density at radius 1 is 0.913 bits per heavy atom. The summed E-state index contributed by atoms with van der Waals surface area (Å²) in [6.07, 6.45) is 0. The first-order chi connectivity index (χ1) is 11.2. The molecule has 4 heteroatoms. The molecule has 4 aromatic rings. The zero-order valence-electron chi connectivity index (χ0n) is 12.0. The maximum atomic E-state index is 12.4. The van der Waals surface area contributed by atoms with Crippen molar-refractivity contribution in [3.63, 3.8) is 0 Å². The zero-order chi connectivity index (χ0) is 15.8. The summed E-state index contributed by atoms with van der Waals surface area (Å²) in [6.45, 7) is 0. The van der Waals surface area contributed by atoms with Gasteiger partial charge in [-0.05, 0) is 47.2 Å². The molecule has 112 valence electrons. The van der Waals surface area contributed by atoms with Crippen molar-refractivity contribution >= 4 is 49.3 Å².